The van der Waals surface area contributed by atoms with Gasteiger partial charge in [-0.25, -0.2) is 20.0 Å². The van der Waals surface area contributed by atoms with Gasteiger partial charge in [0.15, 0.2) is 34.6 Å². The van der Waals surface area contributed by atoms with Crippen LogP contribution in [-0.2, 0) is 30.0 Å². The summed E-state index contributed by atoms with van der Waals surface area (Å²) in [6, 6.07) is 0. The zero-order chi connectivity index (χ0) is 29.3. The molecule has 4 fully saturated rings. The monoisotopic (exact) mass is 600 g/mol. The van der Waals surface area contributed by atoms with E-state index in [1.54, 1.807) is 0 Å². The molecule has 0 aliphatic heterocycles. The van der Waals surface area contributed by atoms with Crippen LogP contribution in [0.2, 0.25) is 0 Å². The van der Waals surface area contributed by atoms with Crippen LogP contribution in [0.1, 0.15) is 100 Å². The van der Waals surface area contributed by atoms with Gasteiger partial charge in [-0.3, -0.25) is 19.2 Å². The molecule has 0 saturated heterocycles. The zero-order valence-corrected chi connectivity index (χ0v) is 25.8. The van der Waals surface area contributed by atoms with Crippen LogP contribution in [0, 0.1) is 23.7 Å². The van der Waals surface area contributed by atoms with Crippen molar-refractivity contribution >= 4 is 78.6 Å². The fourth-order valence-electron chi connectivity index (χ4n) is 8.43. The molecule has 0 amide bonds. The predicted molar refractivity (Wildman–Crippen MR) is 162 cm³/mol. The minimum atomic E-state index is -0.454. The third-order valence-electron chi connectivity index (χ3n) is 10.6. The lowest BCUT2D eigenvalue weighted by molar-refractivity contribution is -0.120. The number of thiazole rings is 2. The van der Waals surface area contributed by atoms with E-state index in [9.17, 15) is 19.2 Å². The first kappa shape index (κ1) is 26.6. The Morgan fingerprint density at radius 3 is 1.19 bits per heavy atom. The first-order valence-corrected chi connectivity index (χ1v) is 16.8. The number of fused-ring (bicyclic) bond motifs is 6. The Bertz CT molecular complexity index is 1570. The molecule has 42 heavy (non-hydrogen) atoms. The largest absolute Gasteiger partial charge is 0.292 e. The molecule has 0 aromatic carbocycles. The second-order valence-corrected chi connectivity index (χ2v) is 15.7. The summed E-state index contributed by atoms with van der Waals surface area (Å²) in [6.07, 6.45) is 7.02. The van der Waals surface area contributed by atoms with Crippen molar-refractivity contribution in [1.29, 1.82) is 0 Å². The number of carbonyl (C=O) groups excluding carboxylic acids is 4. The van der Waals surface area contributed by atoms with Crippen molar-refractivity contribution in [3.8, 4) is 0 Å². The van der Waals surface area contributed by atoms with Crippen molar-refractivity contribution < 1.29 is 19.2 Å². The summed E-state index contributed by atoms with van der Waals surface area (Å²) in [5, 5.41) is 0.918. The van der Waals surface area contributed by atoms with Crippen LogP contribution in [0.3, 0.4) is 0 Å². The summed E-state index contributed by atoms with van der Waals surface area (Å²) in [6.45, 7) is 8.54. The molecule has 8 rings (SSSR count). The smallest absolute Gasteiger partial charge is 0.210 e. The average Bonchev–Trinajstić information content (AvgIpc) is 3.76. The van der Waals surface area contributed by atoms with Gasteiger partial charge in [-0.05, 0) is 36.8 Å². The molecule has 8 nitrogen and oxygen atoms in total. The maximum absolute atomic E-state index is 13.1. The zero-order valence-electron chi connectivity index (χ0n) is 24.2. The van der Waals surface area contributed by atoms with E-state index in [4.69, 9.17) is 9.97 Å². The van der Waals surface area contributed by atoms with Gasteiger partial charge in [0.2, 0.25) is 10.3 Å². The van der Waals surface area contributed by atoms with Crippen LogP contribution in [0.4, 0.5) is 10.3 Å². The molecule has 0 spiro atoms. The van der Waals surface area contributed by atoms with E-state index in [0.717, 1.165) is 83.7 Å². The number of Topliss-reactive ketones (excluding diaryl/α,β-unsaturated/α-hetero) is 4. The molecule has 4 unspecified atom stereocenters. The van der Waals surface area contributed by atoms with Crippen LogP contribution in [0.5, 0.6) is 0 Å². The quantitative estimate of drug-likeness (QED) is 0.408. The standard InChI is InChI=1S/C32H32N4O4S2/c1-31(2)17-18(26-27(31)35-29(42-26)33-19-21(37)13-9-5-6-10-14(13)22(19)38)32(3,4)28-25(17)41-30(36-28)34-20-23(39)15-11-7-8-12-16(15)24(20)40/h13-16H,5-12H2,1-4H3. The molecule has 6 aliphatic rings. The highest BCUT2D eigenvalue weighted by Gasteiger charge is 2.55. The third kappa shape index (κ3) is 3.39. The fourth-order valence-corrected chi connectivity index (χ4v) is 11.1. The third-order valence-corrected chi connectivity index (χ3v) is 12.5. The fraction of sp³-hybridized carbons (Fsp3) is 0.562. The Balaban J connectivity index is 1.17. The van der Waals surface area contributed by atoms with E-state index in [1.807, 2.05) is 0 Å². The summed E-state index contributed by atoms with van der Waals surface area (Å²) < 4.78 is 0. The average molecular weight is 601 g/mol. The lowest BCUT2D eigenvalue weighted by Gasteiger charge is -2.21. The van der Waals surface area contributed by atoms with Gasteiger partial charge in [0.25, 0.3) is 0 Å². The Morgan fingerprint density at radius 2 is 0.881 bits per heavy atom. The van der Waals surface area contributed by atoms with Gasteiger partial charge in [-0.2, -0.15) is 0 Å². The normalized spacial score (nSPS) is 30.5. The number of aliphatic imine (C=N–C) groups is 2. The van der Waals surface area contributed by atoms with Gasteiger partial charge in [-0.1, -0.05) is 76.1 Å². The minimum absolute atomic E-state index is 0.0809. The van der Waals surface area contributed by atoms with E-state index in [0.29, 0.717) is 10.3 Å². The molecule has 4 atom stereocenters. The van der Waals surface area contributed by atoms with E-state index < -0.39 is 10.8 Å². The number of hydrogen-bond donors (Lipinski definition) is 0. The lowest BCUT2D eigenvalue weighted by atomic mass is 9.81. The SMILES string of the molecule is CC1(C)C2=C(c3sc(N=C4C(=O)C5CCCCC5C4=O)nc31)C(C)(C)c1nc(N=C3C(=O)C4CCCCC4C3=O)sc12. The van der Waals surface area contributed by atoms with Gasteiger partial charge in [0.05, 0.1) is 21.1 Å². The molecule has 2 aromatic heterocycles. The van der Waals surface area contributed by atoms with Crippen LogP contribution < -0.4 is 0 Å². The molecule has 2 aromatic rings. The molecule has 6 aliphatic carbocycles. The molecule has 10 heteroatoms. The summed E-state index contributed by atoms with van der Waals surface area (Å²) in [5.74, 6) is -1.30. The highest BCUT2D eigenvalue weighted by molar-refractivity contribution is 7.18. The van der Waals surface area contributed by atoms with Crippen molar-refractivity contribution in [3.63, 3.8) is 0 Å². The van der Waals surface area contributed by atoms with E-state index in [2.05, 4.69) is 37.7 Å². The predicted octanol–water partition coefficient (Wildman–Crippen LogP) is 6.15. The number of carbonyl (C=O) groups is 4. The van der Waals surface area contributed by atoms with Crippen LogP contribution in [0.15, 0.2) is 9.98 Å². The topological polar surface area (TPSA) is 119 Å². The molecule has 2 heterocycles. The lowest BCUT2D eigenvalue weighted by Crippen LogP contribution is -2.21. The number of hydrogen-bond acceptors (Lipinski definition) is 10. The maximum Gasteiger partial charge on any atom is 0.210 e. The Hall–Kier alpha value is -2.98. The second-order valence-electron chi connectivity index (χ2n) is 13.7. The van der Waals surface area contributed by atoms with Gasteiger partial charge in [0, 0.05) is 34.5 Å². The van der Waals surface area contributed by atoms with Gasteiger partial charge in [0.1, 0.15) is 0 Å². The summed E-state index contributed by atoms with van der Waals surface area (Å²) in [4.78, 5) is 73.4. The van der Waals surface area contributed by atoms with Crippen molar-refractivity contribution in [2.75, 3.05) is 0 Å². The summed E-state index contributed by atoms with van der Waals surface area (Å²) in [7, 11) is 0. The van der Waals surface area contributed by atoms with Crippen molar-refractivity contribution in [2.24, 2.45) is 33.7 Å². The minimum Gasteiger partial charge on any atom is -0.292 e. The van der Waals surface area contributed by atoms with Gasteiger partial charge < -0.3 is 0 Å². The molecule has 0 N–H and O–H groups in total. The molecule has 216 valence electrons. The number of nitrogens with zero attached hydrogens (tertiary/aromatic N) is 4. The number of allylic oxidation sites excluding steroid dienone is 2. The summed E-state index contributed by atoms with van der Waals surface area (Å²) in [5.41, 5.74) is 3.35. The molecule has 0 radical (unpaired) electrons. The Kier molecular flexibility index (Phi) is 5.57. The van der Waals surface area contributed by atoms with E-state index in [-0.39, 0.29) is 58.2 Å². The van der Waals surface area contributed by atoms with Crippen LogP contribution in [0.25, 0.3) is 11.1 Å². The molecule has 0 bridgehead atoms. The van der Waals surface area contributed by atoms with Crippen LogP contribution in [-0.4, -0.2) is 44.5 Å². The van der Waals surface area contributed by atoms with Crippen molar-refractivity contribution in [3.05, 3.63) is 21.1 Å². The highest BCUT2D eigenvalue weighted by atomic mass is 32.1. The highest BCUT2D eigenvalue weighted by Crippen LogP contribution is 2.65. The second kappa shape index (κ2) is 8.78. The van der Waals surface area contributed by atoms with Crippen molar-refractivity contribution in [1.82, 2.24) is 9.97 Å². The van der Waals surface area contributed by atoms with E-state index >= 15 is 0 Å². The molecular weight excluding hydrogens is 569 g/mol. The summed E-state index contributed by atoms with van der Waals surface area (Å²) >= 11 is 2.89. The van der Waals surface area contributed by atoms with Crippen LogP contribution >= 0.6 is 22.7 Å². The van der Waals surface area contributed by atoms with Crippen molar-refractivity contribution in [2.45, 2.75) is 89.9 Å². The number of aromatic nitrogens is 2. The van der Waals surface area contributed by atoms with E-state index in [1.165, 1.54) is 22.7 Å². The number of ketones is 4. The molecular formula is C32H32N4O4S2. The Morgan fingerprint density at radius 1 is 0.571 bits per heavy atom. The Labute approximate surface area is 251 Å². The first-order valence-electron chi connectivity index (χ1n) is 15.1. The number of rotatable bonds is 2. The van der Waals surface area contributed by atoms with Gasteiger partial charge in [-0.15, -0.1) is 0 Å². The maximum atomic E-state index is 13.1. The first-order chi connectivity index (χ1) is 20.0. The van der Waals surface area contributed by atoms with Gasteiger partial charge >= 0.3 is 0 Å². The molecule has 4 saturated carbocycles.